The summed E-state index contributed by atoms with van der Waals surface area (Å²) < 4.78 is 5.21. The molecule has 2 nitrogen and oxygen atoms in total. The Kier molecular flexibility index (Phi) is 6.24. The van der Waals surface area contributed by atoms with E-state index in [4.69, 9.17) is 4.74 Å². The lowest BCUT2D eigenvalue weighted by molar-refractivity contribution is 0.268. The van der Waals surface area contributed by atoms with E-state index in [0.717, 1.165) is 11.7 Å². The number of nitrogens with one attached hydrogen (secondary N) is 1. The summed E-state index contributed by atoms with van der Waals surface area (Å²) in [6.07, 6.45) is 3.83. The van der Waals surface area contributed by atoms with Crippen LogP contribution in [0.4, 0.5) is 0 Å². The highest BCUT2D eigenvalue weighted by Crippen LogP contribution is 2.37. The first kappa shape index (κ1) is 15.7. The lowest BCUT2D eigenvalue weighted by Gasteiger charge is -2.38. The van der Waals surface area contributed by atoms with E-state index in [-0.39, 0.29) is 0 Å². The fraction of sp³-hybridized carbons (Fsp3) is 0.647. The first-order valence-corrected chi connectivity index (χ1v) is 8.86. The van der Waals surface area contributed by atoms with Crippen molar-refractivity contribution in [2.45, 2.75) is 51.1 Å². The standard InChI is InChI=1S/C17H27NOS/c1-4-20-10-9-13(2)18-16-11-15(12-16)14-5-7-17(19-3)8-6-14/h5-8,13,15-16,18H,4,9-12H2,1-3H3. The quantitative estimate of drug-likeness (QED) is 0.730. The van der Waals surface area contributed by atoms with Crippen LogP contribution in [0.25, 0.3) is 0 Å². The zero-order valence-corrected chi connectivity index (χ0v) is 13.7. The van der Waals surface area contributed by atoms with E-state index >= 15 is 0 Å². The van der Waals surface area contributed by atoms with Crippen LogP contribution < -0.4 is 10.1 Å². The zero-order chi connectivity index (χ0) is 14.4. The molecule has 1 N–H and O–H groups in total. The molecule has 3 heteroatoms. The maximum absolute atomic E-state index is 5.21. The van der Waals surface area contributed by atoms with Crippen LogP contribution in [0.5, 0.6) is 5.75 Å². The molecule has 1 fully saturated rings. The molecule has 0 saturated heterocycles. The van der Waals surface area contributed by atoms with Gasteiger partial charge in [0, 0.05) is 12.1 Å². The number of ether oxygens (including phenoxy) is 1. The molecule has 20 heavy (non-hydrogen) atoms. The van der Waals surface area contributed by atoms with E-state index in [1.165, 1.54) is 36.3 Å². The maximum atomic E-state index is 5.21. The smallest absolute Gasteiger partial charge is 0.118 e. The van der Waals surface area contributed by atoms with Crippen LogP contribution in [0, 0.1) is 0 Å². The normalized spacial score (nSPS) is 23.1. The molecular formula is C17H27NOS. The first-order valence-electron chi connectivity index (χ1n) is 7.70. The van der Waals surface area contributed by atoms with Crippen molar-refractivity contribution in [1.82, 2.24) is 5.32 Å². The highest BCUT2D eigenvalue weighted by molar-refractivity contribution is 7.99. The highest BCUT2D eigenvalue weighted by atomic mass is 32.2. The van der Waals surface area contributed by atoms with Gasteiger partial charge in [-0.2, -0.15) is 11.8 Å². The summed E-state index contributed by atoms with van der Waals surface area (Å²) in [5.41, 5.74) is 1.46. The summed E-state index contributed by atoms with van der Waals surface area (Å²) in [6.45, 7) is 4.55. The number of thioether (sulfide) groups is 1. The molecule has 0 bridgehead atoms. The third kappa shape index (κ3) is 4.42. The Labute approximate surface area is 127 Å². The second kappa shape index (κ2) is 7.94. The van der Waals surface area contributed by atoms with E-state index in [0.29, 0.717) is 12.1 Å². The van der Waals surface area contributed by atoms with E-state index in [1.54, 1.807) is 7.11 Å². The van der Waals surface area contributed by atoms with Gasteiger partial charge >= 0.3 is 0 Å². The van der Waals surface area contributed by atoms with Crippen LogP contribution in [0.1, 0.15) is 44.6 Å². The van der Waals surface area contributed by atoms with Crippen molar-refractivity contribution in [3.63, 3.8) is 0 Å². The van der Waals surface area contributed by atoms with Crippen LogP contribution in [-0.2, 0) is 0 Å². The molecule has 0 aliphatic heterocycles. The molecule has 0 heterocycles. The summed E-state index contributed by atoms with van der Waals surface area (Å²) in [7, 11) is 1.72. The van der Waals surface area contributed by atoms with Gasteiger partial charge in [-0.15, -0.1) is 0 Å². The molecule has 1 unspecified atom stereocenters. The van der Waals surface area contributed by atoms with Crippen molar-refractivity contribution in [2.24, 2.45) is 0 Å². The fourth-order valence-electron chi connectivity index (χ4n) is 2.79. The average Bonchev–Trinajstić information content (AvgIpc) is 2.43. The summed E-state index contributed by atoms with van der Waals surface area (Å²) in [6, 6.07) is 9.92. The molecule has 0 spiro atoms. The Hall–Kier alpha value is -0.670. The molecular weight excluding hydrogens is 266 g/mol. The number of hydrogen-bond acceptors (Lipinski definition) is 3. The van der Waals surface area contributed by atoms with E-state index in [9.17, 15) is 0 Å². The van der Waals surface area contributed by atoms with Crippen molar-refractivity contribution < 1.29 is 4.74 Å². The minimum atomic E-state index is 0.649. The van der Waals surface area contributed by atoms with Crippen molar-refractivity contribution in [1.29, 1.82) is 0 Å². The third-order valence-corrected chi connectivity index (χ3v) is 5.08. The number of rotatable bonds is 8. The topological polar surface area (TPSA) is 21.3 Å². The van der Waals surface area contributed by atoms with E-state index < -0.39 is 0 Å². The average molecular weight is 293 g/mol. The Balaban J connectivity index is 1.68. The summed E-state index contributed by atoms with van der Waals surface area (Å²) in [5.74, 6) is 4.19. The van der Waals surface area contributed by atoms with Crippen molar-refractivity contribution >= 4 is 11.8 Å². The van der Waals surface area contributed by atoms with Crippen LogP contribution >= 0.6 is 11.8 Å². The van der Waals surface area contributed by atoms with Gasteiger partial charge < -0.3 is 10.1 Å². The molecule has 0 amide bonds. The van der Waals surface area contributed by atoms with Crippen LogP contribution in [0.3, 0.4) is 0 Å². The summed E-state index contributed by atoms with van der Waals surface area (Å²) in [4.78, 5) is 0. The van der Waals surface area contributed by atoms with Gasteiger partial charge in [-0.3, -0.25) is 0 Å². The second-order valence-electron chi connectivity index (χ2n) is 5.69. The van der Waals surface area contributed by atoms with Crippen molar-refractivity contribution in [3.8, 4) is 5.75 Å². The van der Waals surface area contributed by atoms with Gasteiger partial charge in [0.1, 0.15) is 5.75 Å². The van der Waals surface area contributed by atoms with Gasteiger partial charge in [-0.25, -0.2) is 0 Å². The number of methoxy groups -OCH3 is 1. The largest absolute Gasteiger partial charge is 0.497 e. The van der Waals surface area contributed by atoms with Crippen molar-refractivity contribution in [3.05, 3.63) is 29.8 Å². The molecule has 0 radical (unpaired) electrons. The van der Waals surface area contributed by atoms with Gasteiger partial charge in [0.15, 0.2) is 0 Å². The van der Waals surface area contributed by atoms with Gasteiger partial charge in [0.05, 0.1) is 7.11 Å². The number of benzene rings is 1. The van der Waals surface area contributed by atoms with Gasteiger partial charge in [-0.1, -0.05) is 19.1 Å². The van der Waals surface area contributed by atoms with E-state index in [2.05, 4.69) is 43.4 Å². The fourth-order valence-corrected chi connectivity index (χ4v) is 3.60. The summed E-state index contributed by atoms with van der Waals surface area (Å²) >= 11 is 2.04. The van der Waals surface area contributed by atoms with Crippen LogP contribution in [-0.4, -0.2) is 30.7 Å². The molecule has 112 valence electrons. The first-order chi connectivity index (χ1) is 9.72. The lowest BCUT2D eigenvalue weighted by atomic mass is 9.75. The molecule has 1 aromatic carbocycles. The Morgan fingerprint density at radius 3 is 2.60 bits per heavy atom. The molecule has 0 aromatic heterocycles. The van der Waals surface area contributed by atoms with Gasteiger partial charge in [0.2, 0.25) is 0 Å². The van der Waals surface area contributed by atoms with E-state index in [1.807, 2.05) is 11.8 Å². The Morgan fingerprint density at radius 2 is 2.00 bits per heavy atom. The Morgan fingerprint density at radius 1 is 1.30 bits per heavy atom. The molecule has 1 aromatic rings. The molecule has 1 aliphatic rings. The predicted molar refractivity (Wildman–Crippen MR) is 89.0 cm³/mol. The minimum absolute atomic E-state index is 0.649. The molecule has 1 saturated carbocycles. The summed E-state index contributed by atoms with van der Waals surface area (Å²) in [5, 5.41) is 3.76. The minimum Gasteiger partial charge on any atom is -0.497 e. The maximum Gasteiger partial charge on any atom is 0.118 e. The van der Waals surface area contributed by atoms with Crippen molar-refractivity contribution in [2.75, 3.05) is 18.6 Å². The highest BCUT2D eigenvalue weighted by Gasteiger charge is 2.30. The molecule has 1 atom stereocenters. The molecule has 2 rings (SSSR count). The Bertz CT molecular complexity index is 386. The van der Waals surface area contributed by atoms with Crippen LogP contribution in [0.2, 0.25) is 0 Å². The number of hydrogen-bond donors (Lipinski definition) is 1. The second-order valence-corrected chi connectivity index (χ2v) is 7.09. The zero-order valence-electron chi connectivity index (χ0n) is 12.9. The lowest BCUT2D eigenvalue weighted by Crippen LogP contribution is -2.44. The van der Waals surface area contributed by atoms with Gasteiger partial charge in [0.25, 0.3) is 0 Å². The third-order valence-electron chi connectivity index (χ3n) is 4.14. The van der Waals surface area contributed by atoms with Crippen LogP contribution in [0.15, 0.2) is 24.3 Å². The predicted octanol–water partition coefficient (Wildman–Crippen LogP) is 4.06. The molecule has 1 aliphatic carbocycles. The monoisotopic (exact) mass is 293 g/mol. The van der Waals surface area contributed by atoms with Gasteiger partial charge in [-0.05, 0) is 61.3 Å². The SMILES string of the molecule is CCSCCC(C)NC1CC(c2ccc(OC)cc2)C1.